The van der Waals surface area contributed by atoms with E-state index >= 15 is 0 Å². The molecule has 0 aliphatic rings. The maximum Gasteiger partial charge on any atom is 0.255 e. The predicted molar refractivity (Wildman–Crippen MR) is 152 cm³/mol. The van der Waals surface area contributed by atoms with Gasteiger partial charge in [0.15, 0.2) is 5.75 Å². The normalized spacial score (nSPS) is 12.1. The monoisotopic (exact) mass is 538 g/mol. The lowest BCUT2D eigenvalue weighted by atomic mass is 9.86. The number of nitrogens with one attached hydrogen (secondary N) is 2. The van der Waals surface area contributed by atoms with Gasteiger partial charge in [0, 0.05) is 18.0 Å². The molecule has 1 amide bonds. The molecule has 0 saturated carbocycles. The van der Waals surface area contributed by atoms with Gasteiger partial charge in [-0.25, -0.2) is 14.3 Å². The summed E-state index contributed by atoms with van der Waals surface area (Å²) in [6, 6.07) is 13.9. The number of hydrazine groups is 1. The Morgan fingerprint density at radius 2 is 1.79 bits per heavy atom. The summed E-state index contributed by atoms with van der Waals surface area (Å²) >= 11 is 0. The molecule has 3 aromatic rings. The average molecular weight is 539 g/mol. The van der Waals surface area contributed by atoms with Crippen molar-refractivity contribution in [1.82, 2.24) is 4.98 Å². The Bertz CT molecular complexity index is 1460. The first-order chi connectivity index (χ1) is 17.7. The summed E-state index contributed by atoms with van der Waals surface area (Å²) in [6.45, 7) is 7.81. The summed E-state index contributed by atoms with van der Waals surface area (Å²) < 4.78 is 32.0. The number of carbonyl (C=O) groups is 1. The Kier molecular flexibility index (Phi) is 8.33. The van der Waals surface area contributed by atoms with Gasteiger partial charge >= 0.3 is 0 Å². The summed E-state index contributed by atoms with van der Waals surface area (Å²) in [5, 5.41) is 4.20. The number of ether oxygens (including phenoxy) is 1. The average Bonchev–Trinajstić information content (AvgIpc) is 2.83. The molecule has 3 rings (SSSR count). The van der Waals surface area contributed by atoms with Crippen LogP contribution >= 0.6 is 0 Å². The maximum absolute atomic E-state index is 13.4. The van der Waals surface area contributed by atoms with Crippen molar-refractivity contribution in [3.8, 4) is 5.75 Å². The SMILES string of the molecule is COc1c(NC(=O)c2ccc(C)c(N(N)C=C(N)c3ccccn3)c2)cc(C(C)(C)C)cc1NS(C)(=O)=O. The number of hydrogen-bond acceptors (Lipinski definition) is 8. The fourth-order valence-electron chi connectivity index (χ4n) is 3.69. The largest absolute Gasteiger partial charge is 0.492 e. The first kappa shape index (κ1) is 28.5. The van der Waals surface area contributed by atoms with Crippen molar-refractivity contribution in [2.75, 3.05) is 28.4 Å². The number of amides is 1. The molecule has 0 radical (unpaired) electrons. The van der Waals surface area contributed by atoms with Gasteiger partial charge in [0.25, 0.3) is 5.91 Å². The smallest absolute Gasteiger partial charge is 0.255 e. The molecular formula is C27H34N6O4S. The summed E-state index contributed by atoms with van der Waals surface area (Å²) in [6.07, 6.45) is 4.22. The van der Waals surface area contributed by atoms with Gasteiger partial charge in [-0.3, -0.25) is 19.5 Å². The van der Waals surface area contributed by atoms with Crippen molar-refractivity contribution in [2.45, 2.75) is 33.1 Å². The van der Waals surface area contributed by atoms with Gasteiger partial charge in [0.2, 0.25) is 10.0 Å². The zero-order valence-corrected chi connectivity index (χ0v) is 23.2. The van der Waals surface area contributed by atoms with Gasteiger partial charge in [-0.05, 0) is 59.9 Å². The van der Waals surface area contributed by atoms with Gasteiger partial charge in [-0.2, -0.15) is 0 Å². The van der Waals surface area contributed by atoms with Crippen molar-refractivity contribution in [3.05, 3.63) is 83.3 Å². The zero-order chi connectivity index (χ0) is 28.3. The van der Waals surface area contributed by atoms with Crippen LogP contribution in [-0.4, -0.2) is 32.7 Å². The van der Waals surface area contributed by atoms with Gasteiger partial charge in [-0.1, -0.05) is 32.9 Å². The van der Waals surface area contributed by atoms with E-state index in [1.54, 1.807) is 48.7 Å². The van der Waals surface area contributed by atoms with Crippen LogP contribution in [0.1, 0.15) is 48.0 Å². The lowest BCUT2D eigenvalue weighted by Gasteiger charge is -2.24. The highest BCUT2D eigenvalue weighted by atomic mass is 32.2. The molecular weight excluding hydrogens is 504 g/mol. The second-order valence-corrected chi connectivity index (χ2v) is 11.6. The Morgan fingerprint density at radius 3 is 2.37 bits per heavy atom. The summed E-state index contributed by atoms with van der Waals surface area (Å²) in [5.74, 6) is 6.04. The van der Waals surface area contributed by atoms with Crippen LogP contribution in [0.2, 0.25) is 0 Å². The van der Waals surface area contributed by atoms with E-state index in [4.69, 9.17) is 16.3 Å². The molecule has 0 unspecified atom stereocenters. The van der Waals surface area contributed by atoms with E-state index in [-0.39, 0.29) is 16.9 Å². The third kappa shape index (κ3) is 7.02. The Morgan fingerprint density at radius 1 is 1.11 bits per heavy atom. The van der Waals surface area contributed by atoms with E-state index in [1.807, 2.05) is 33.8 Å². The van der Waals surface area contributed by atoms with E-state index in [0.717, 1.165) is 17.4 Å². The number of nitrogens with zero attached hydrogens (tertiary/aromatic N) is 2. The zero-order valence-electron chi connectivity index (χ0n) is 22.4. The molecule has 2 aromatic carbocycles. The number of hydrogen-bond donors (Lipinski definition) is 4. The Labute approximate surface area is 223 Å². The second kappa shape index (κ2) is 11.1. The molecule has 10 nitrogen and oxygen atoms in total. The molecule has 1 aromatic heterocycles. The van der Waals surface area contributed by atoms with Crippen molar-refractivity contribution >= 4 is 38.7 Å². The number of anilines is 3. The van der Waals surface area contributed by atoms with Crippen LogP contribution in [0.4, 0.5) is 17.1 Å². The minimum Gasteiger partial charge on any atom is -0.492 e. The third-order valence-electron chi connectivity index (χ3n) is 5.69. The van der Waals surface area contributed by atoms with Crippen molar-refractivity contribution in [1.29, 1.82) is 0 Å². The molecule has 0 fully saturated rings. The third-order valence-corrected chi connectivity index (χ3v) is 6.28. The van der Waals surface area contributed by atoms with E-state index in [1.165, 1.54) is 18.3 Å². The highest BCUT2D eigenvalue weighted by Crippen LogP contribution is 2.39. The van der Waals surface area contributed by atoms with E-state index in [9.17, 15) is 13.2 Å². The number of benzene rings is 2. The van der Waals surface area contributed by atoms with Crippen LogP contribution in [0, 0.1) is 6.92 Å². The van der Waals surface area contributed by atoms with Crippen molar-refractivity contribution in [2.24, 2.45) is 11.6 Å². The highest BCUT2D eigenvalue weighted by Gasteiger charge is 2.23. The van der Waals surface area contributed by atoms with Crippen LogP contribution in [0.5, 0.6) is 5.75 Å². The highest BCUT2D eigenvalue weighted by molar-refractivity contribution is 7.92. The molecule has 6 N–H and O–H groups in total. The molecule has 0 bridgehead atoms. The lowest BCUT2D eigenvalue weighted by molar-refractivity contribution is 0.102. The van der Waals surface area contributed by atoms with Gasteiger partial charge in [0.1, 0.15) is 0 Å². The van der Waals surface area contributed by atoms with Crippen LogP contribution < -0.4 is 31.4 Å². The quantitative estimate of drug-likeness (QED) is 0.248. The van der Waals surface area contributed by atoms with E-state index in [0.29, 0.717) is 28.3 Å². The topological polar surface area (TPSA) is 153 Å². The molecule has 0 atom stereocenters. The first-order valence-corrected chi connectivity index (χ1v) is 13.6. The number of rotatable bonds is 8. The number of aromatic nitrogens is 1. The van der Waals surface area contributed by atoms with Crippen LogP contribution in [0.3, 0.4) is 0 Å². The molecule has 11 heteroatoms. The van der Waals surface area contributed by atoms with E-state index in [2.05, 4.69) is 15.0 Å². The Hall–Kier alpha value is -4.09. The standard InChI is InChI=1S/C27H34N6O4S/c1-17-10-11-18(13-24(17)33(29)16-20(28)21-9-7-8-12-30-21)26(34)31-22-14-19(27(2,3)4)15-23(25(22)37-5)32-38(6,35)36/h7-16,32H,28-29H2,1-6H3,(H,31,34). The number of sulfonamides is 1. The van der Waals surface area contributed by atoms with Crippen LogP contribution in [0.25, 0.3) is 5.70 Å². The molecule has 0 aliphatic heterocycles. The molecule has 38 heavy (non-hydrogen) atoms. The first-order valence-electron chi connectivity index (χ1n) is 11.7. The minimum absolute atomic E-state index is 0.190. The Balaban J connectivity index is 1.99. The predicted octanol–water partition coefficient (Wildman–Crippen LogP) is 3.96. The fraction of sp³-hybridized carbons (Fsp3) is 0.259. The number of carbonyl (C=O) groups excluding carboxylic acids is 1. The molecule has 1 heterocycles. The van der Waals surface area contributed by atoms with Gasteiger partial charge in [0.05, 0.1) is 41.8 Å². The van der Waals surface area contributed by atoms with Gasteiger partial charge < -0.3 is 15.8 Å². The van der Waals surface area contributed by atoms with Crippen molar-refractivity contribution in [3.63, 3.8) is 0 Å². The maximum atomic E-state index is 13.4. The molecule has 202 valence electrons. The minimum atomic E-state index is -3.60. The number of nitrogens with two attached hydrogens (primary N) is 2. The molecule has 0 spiro atoms. The summed E-state index contributed by atoms with van der Waals surface area (Å²) in [7, 11) is -2.20. The fourth-order valence-corrected chi connectivity index (χ4v) is 4.24. The van der Waals surface area contributed by atoms with E-state index < -0.39 is 15.9 Å². The summed E-state index contributed by atoms with van der Waals surface area (Å²) in [4.78, 5) is 17.6. The lowest BCUT2D eigenvalue weighted by Crippen LogP contribution is -2.27. The van der Waals surface area contributed by atoms with Crippen molar-refractivity contribution < 1.29 is 17.9 Å². The van der Waals surface area contributed by atoms with Crippen LogP contribution in [-0.2, 0) is 15.4 Å². The molecule has 0 aliphatic carbocycles. The van der Waals surface area contributed by atoms with Crippen LogP contribution in [0.15, 0.2) is 60.9 Å². The second-order valence-electron chi connectivity index (χ2n) is 9.89. The molecule has 0 saturated heterocycles. The number of methoxy groups -OCH3 is 1. The number of aryl methyl sites for hydroxylation is 1. The van der Waals surface area contributed by atoms with Gasteiger partial charge in [-0.15, -0.1) is 0 Å². The summed E-state index contributed by atoms with van der Waals surface area (Å²) in [5.41, 5.74) is 9.80. The number of pyridine rings is 1.